The fraction of sp³-hybridized carbons (Fsp3) is 0.800. The summed E-state index contributed by atoms with van der Waals surface area (Å²) in [6.07, 6.45) is 3.77. The van der Waals surface area contributed by atoms with Crippen molar-refractivity contribution in [3.63, 3.8) is 0 Å². The van der Waals surface area contributed by atoms with Gasteiger partial charge < -0.3 is 19.7 Å². The Morgan fingerprint density at radius 3 is 2.62 bits per heavy atom. The average molecular weight is 314 g/mol. The third-order valence-corrected chi connectivity index (χ3v) is 8.92. The molecule has 3 N–H and O–H groups in total. The van der Waals surface area contributed by atoms with Gasteiger partial charge in [-0.05, 0) is 24.6 Å². The highest BCUT2D eigenvalue weighted by atomic mass is 28.4. The summed E-state index contributed by atoms with van der Waals surface area (Å²) < 4.78 is 5.41. The van der Waals surface area contributed by atoms with Gasteiger partial charge in [-0.15, -0.1) is 0 Å². The van der Waals surface area contributed by atoms with Gasteiger partial charge in [-0.25, -0.2) is 0 Å². The van der Waals surface area contributed by atoms with Crippen LogP contribution in [0.1, 0.15) is 26.7 Å². The van der Waals surface area contributed by atoms with Crippen LogP contribution in [0.2, 0.25) is 18.1 Å². The largest absolute Gasteiger partial charge is 0.461 e. The number of rotatable bonds is 4. The minimum Gasteiger partial charge on any atom is -0.461 e. The highest BCUT2D eigenvalue weighted by molar-refractivity contribution is 6.72. The zero-order valence-electron chi connectivity index (χ0n) is 13.2. The SMILES string of the molecule is CC(C)(C[C@H]1[C@H]2OC(=O)C[C@H]2C=C[C@@]1(O)CO)[Si](C)(C)O. The Labute approximate surface area is 126 Å². The minimum absolute atomic E-state index is 0.0476. The number of hydrogen-bond donors (Lipinski definition) is 3. The van der Waals surface area contributed by atoms with Crippen molar-refractivity contribution in [1.29, 1.82) is 0 Å². The summed E-state index contributed by atoms with van der Waals surface area (Å²) in [5, 5.41) is 20.0. The van der Waals surface area contributed by atoms with Crippen molar-refractivity contribution >= 4 is 14.3 Å². The molecule has 6 heteroatoms. The van der Waals surface area contributed by atoms with Crippen LogP contribution in [0, 0.1) is 11.8 Å². The number of carbonyl (C=O) groups excluding carboxylic acids is 1. The van der Waals surface area contributed by atoms with Gasteiger partial charge in [0.15, 0.2) is 8.32 Å². The first-order valence-electron chi connectivity index (χ1n) is 7.45. The topological polar surface area (TPSA) is 87.0 Å². The second-order valence-electron chi connectivity index (χ2n) is 7.58. The molecule has 120 valence electrons. The Morgan fingerprint density at radius 2 is 2.10 bits per heavy atom. The van der Waals surface area contributed by atoms with Gasteiger partial charge in [0, 0.05) is 11.8 Å². The molecule has 0 aromatic carbocycles. The zero-order valence-corrected chi connectivity index (χ0v) is 14.2. The molecule has 1 aliphatic heterocycles. The van der Waals surface area contributed by atoms with E-state index in [1.54, 1.807) is 12.2 Å². The summed E-state index contributed by atoms with van der Waals surface area (Å²) in [5.74, 6) is -0.716. The standard InChI is InChI=1S/C15H26O5Si/c1-14(2,21(3,4)19)8-11-13-10(7-12(17)20-13)5-6-15(11,18)9-16/h5-6,10-11,13,16,18-19H,7-9H2,1-4H3/t10-,11+,13+,15-/m1/s1. The molecule has 0 saturated carbocycles. The van der Waals surface area contributed by atoms with Crippen LogP contribution in [0.15, 0.2) is 12.2 Å². The maximum absolute atomic E-state index is 11.6. The first-order chi connectivity index (χ1) is 9.50. The summed E-state index contributed by atoms with van der Waals surface area (Å²) >= 11 is 0. The smallest absolute Gasteiger partial charge is 0.306 e. The number of aliphatic hydroxyl groups excluding tert-OH is 1. The van der Waals surface area contributed by atoms with Gasteiger partial charge >= 0.3 is 5.97 Å². The van der Waals surface area contributed by atoms with E-state index in [0.29, 0.717) is 12.8 Å². The van der Waals surface area contributed by atoms with E-state index in [0.717, 1.165) is 0 Å². The monoisotopic (exact) mass is 314 g/mol. The minimum atomic E-state index is -2.46. The maximum atomic E-state index is 11.6. The van der Waals surface area contributed by atoms with Gasteiger partial charge in [0.1, 0.15) is 11.7 Å². The van der Waals surface area contributed by atoms with E-state index < -0.39 is 32.5 Å². The molecule has 5 nitrogen and oxygen atoms in total. The lowest BCUT2D eigenvalue weighted by Gasteiger charge is -2.46. The summed E-state index contributed by atoms with van der Waals surface area (Å²) in [6, 6.07) is 0. The molecular weight excluding hydrogens is 288 g/mol. The predicted molar refractivity (Wildman–Crippen MR) is 81.0 cm³/mol. The number of hydrogen-bond acceptors (Lipinski definition) is 5. The summed E-state index contributed by atoms with van der Waals surface area (Å²) in [6.45, 7) is 7.25. The molecule has 2 aliphatic rings. The van der Waals surface area contributed by atoms with Gasteiger partial charge in [-0.1, -0.05) is 26.0 Å². The second-order valence-corrected chi connectivity index (χ2v) is 12.1. The van der Waals surface area contributed by atoms with E-state index >= 15 is 0 Å². The molecule has 0 bridgehead atoms. The first-order valence-corrected chi connectivity index (χ1v) is 10.4. The molecule has 2 rings (SSSR count). The second kappa shape index (κ2) is 5.19. The average Bonchev–Trinajstić information content (AvgIpc) is 2.72. The predicted octanol–water partition coefficient (Wildman–Crippen LogP) is 1.20. The van der Waals surface area contributed by atoms with Gasteiger partial charge in [0.25, 0.3) is 0 Å². The van der Waals surface area contributed by atoms with Crippen LogP contribution in [-0.2, 0) is 9.53 Å². The Hall–Kier alpha value is -0.693. The fourth-order valence-electron chi connectivity index (χ4n) is 3.11. The van der Waals surface area contributed by atoms with E-state index in [9.17, 15) is 19.8 Å². The molecule has 0 unspecified atom stereocenters. The molecule has 1 saturated heterocycles. The number of fused-ring (bicyclic) bond motifs is 1. The van der Waals surface area contributed by atoms with Crippen LogP contribution in [-0.4, -0.2) is 47.6 Å². The molecule has 0 aromatic heterocycles. The van der Waals surface area contributed by atoms with E-state index in [1.165, 1.54) is 0 Å². The van der Waals surface area contributed by atoms with Crippen LogP contribution >= 0.6 is 0 Å². The van der Waals surface area contributed by atoms with Crippen molar-refractivity contribution < 1.29 is 24.5 Å². The van der Waals surface area contributed by atoms with Gasteiger partial charge in [-0.3, -0.25) is 4.79 Å². The Balaban J connectivity index is 2.33. The number of ether oxygens (including phenoxy) is 1. The summed E-state index contributed by atoms with van der Waals surface area (Å²) in [4.78, 5) is 22.1. The Bertz CT molecular complexity index is 453. The molecule has 1 fully saturated rings. The van der Waals surface area contributed by atoms with Crippen LogP contribution in [0.4, 0.5) is 0 Å². The third kappa shape index (κ3) is 2.95. The highest BCUT2D eigenvalue weighted by Crippen LogP contribution is 2.49. The van der Waals surface area contributed by atoms with Gasteiger partial charge in [0.2, 0.25) is 0 Å². The molecule has 0 aromatic rings. The number of esters is 1. The van der Waals surface area contributed by atoms with E-state index in [4.69, 9.17) is 4.74 Å². The molecule has 4 atom stereocenters. The lowest BCUT2D eigenvalue weighted by Crippen LogP contribution is -2.53. The van der Waals surface area contributed by atoms with Crippen molar-refractivity contribution in [3.8, 4) is 0 Å². The van der Waals surface area contributed by atoms with Crippen molar-refractivity contribution in [1.82, 2.24) is 0 Å². The van der Waals surface area contributed by atoms with Crippen molar-refractivity contribution in [2.45, 2.75) is 56.5 Å². The molecule has 21 heavy (non-hydrogen) atoms. The van der Waals surface area contributed by atoms with Crippen LogP contribution < -0.4 is 0 Å². The van der Waals surface area contributed by atoms with Crippen molar-refractivity contribution in [2.75, 3.05) is 6.61 Å². The Kier molecular flexibility index (Phi) is 4.12. The molecular formula is C15H26O5Si. The maximum Gasteiger partial charge on any atom is 0.306 e. The lowest BCUT2D eigenvalue weighted by molar-refractivity contribution is -0.150. The summed E-state index contributed by atoms with van der Waals surface area (Å²) in [5.41, 5.74) is -1.40. The summed E-state index contributed by atoms with van der Waals surface area (Å²) in [7, 11) is -2.46. The van der Waals surface area contributed by atoms with Crippen LogP contribution in [0.25, 0.3) is 0 Å². The normalized spacial score (nSPS) is 36.5. The lowest BCUT2D eigenvalue weighted by atomic mass is 9.70. The van der Waals surface area contributed by atoms with Gasteiger partial charge in [-0.2, -0.15) is 0 Å². The fourth-order valence-corrected chi connectivity index (χ4v) is 3.83. The van der Waals surface area contributed by atoms with E-state index in [-0.39, 0.29) is 16.9 Å². The highest BCUT2D eigenvalue weighted by Gasteiger charge is 2.53. The van der Waals surface area contributed by atoms with Crippen LogP contribution in [0.5, 0.6) is 0 Å². The molecule has 1 heterocycles. The zero-order chi connectivity index (χ0) is 16.1. The third-order valence-electron chi connectivity index (χ3n) is 5.40. The van der Waals surface area contributed by atoms with E-state index in [2.05, 4.69) is 0 Å². The molecule has 0 spiro atoms. The van der Waals surface area contributed by atoms with Crippen molar-refractivity contribution in [2.24, 2.45) is 11.8 Å². The van der Waals surface area contributed by atoms with Crippen LogP contribution in [0.3, 0.4) is 0 Å². The first kappa shape index (κ1) is 16.7. The molecule has 0 amide bonds. The number of carbonyl (C=O) groups is 1. The van der Waals surface area contributed by atoms with Gasteiger partial charge in [0.05, 0.1) is 13.0 Å². The van der Waals surface area contributed by atoms with Crippen molar-refractivity contribution in [3.05, 3.63) is 12.2 Å². The van der Waals surface area contributed by atoms with E-state index in [1.807, 2.05) is 26.9 Å². The molecule has 1 aliphatic carbocycles. The Morgan fingerprint density at radius 1 is 1.48 bits per heavy atom. The number of aliphatic hydroxyl groups is 2. The molecule has 0 radical (unpaired) electrons. The quantitative estimate of drug-likeness (QED) is 0.412.